The van der Waals surface area contributed by atoms with Crippen molar-refractivity contribution in [2.24, 2.45) is 0 Å². The van der Waals surface area contributed by atoms with Crippen LogP contribution < -0.4 is 5.73 Å². The number of benzene rings is 1. The van der Waals surface area contributed by atoms with Crippen LogP contribution in [0.1, 0.15) is 5.56 Å². The first-order chi connectivity index (χ1) is 15.1. The Hall–Kier alpha value is -3.84. The summed E-state index contributed by atoms with van der Waals surface area (Å²) in [7, 11) is 0. The van der Waals surface area contributed by atoms with Crippen LogP contribution in [0.15, 0.2) is 73.1 Å². The average Bonchev–Trinajstić information content (AvgIpc) is 3.18. The zero-order valence-corrected chi connectivity index (χ0v) is 17.0. The van der Waals surface area contributed by atoms with E-state index < -0.39 is 5.82 Å². The molecule has 0 saturated heterocycles. The molecule has 4 aromatic heterocycles. The smallest absolute Gasteiger partial charge is 0.155 e. The quantitative estimate of drug-likeness (QED) is 0.406. The number of nitrogens with zero attached hydrogens (tertiary/aromatic N) is 5. The molecule has 8 heteroatoms. The van der Waals surface area contributed by atoms with Gasteiger partial charge in [-0.3, -0.25) is 4.98 Å². The van der Waals surface area contributed by atoms with Crippen molar-refractivity contribution in [3.8, 4) is 33.9 Å². The zero-order valence-electron chi connectivity index (χ0n) is 16.2. The number of pyridine rings is 2. The molecule has 0 bridgehead atoms. The Morgan fingerprint density at radius 2 is 1.74 bits per heavy atom. The van der Waals surface area contributed by atoms with Crippen LogP contribution in [0.25, 0.3) is 39.5 Å². The highest BCUT2D eigenvalue weighted by Gasteiger charge is 2.20. The fourth-order valence-corrected chi connectivity index (χ4v) is 3.59. The molecule has 0 aliphatic carbocycles. The van der Waals surface area contributed by atoms with E-state index in [1.165, 1.54) is 12.3 Å². The number of aromatic nitrogens is 5. The number of nitrogen functional groups attached to an aromatic ring is 1. The van der Waals surface area contributed by atoms with Gasteiger partial charge in [0.15, 0.2) is 5.65 Å². The number of halogens is 2. The lowest BCUT2D eigenvalue weighted by Gasteiger charge is -2.08. The molecule has 0 atom stereocenters. The summed E-state index contributed by atoms with van der Waals surface area (Å²) < 4.78 is 15.1. The monoisotopic (exact) mass is 430 g/mol. The number of anilines is 1. The third kappa shape index (κ3) is 3.49. The molecule has 0 aliphatic rings. The molecule has 0 aliphatic heterocycles. The molecule has 31 heavy (non-hydrogen) atoms. The van der Waals surface area contributed by atoms with Crippen molar-refractivity contribution in [3.63, 3.8) is 0 Å². The van der Waals surface area contributed by atoms with Crippen molar-refractivity contribution >= 4 is 23.1 Å². The SMILES string of the molecule is Nc1ncccc1-c1nc2ccc(-c3ccc(F)cn3)nn2c1-c1ccc(CCl)cc1. The maximum atomic E-state index is 13.3. The summed E-state index contributed by atoms with van der Waals surface area (Å²) in [6, 6.07) is 18.2. The van der Waals surface area contributed by atoms with E-state index in [4.69, 9.17) is 27.4 Å². The maximum absolute atomic E-state index is 13.3. The van der Waals surface area contributed by atoms with Crippen LogP contribution in [-0.4, -0.2) is 24.6 Å². The Bertz CT molecular complexity index is 1380. The lowest BCUT2D eigenvalue weighted by molar-refractivity contribution is 0.621. The van der Waals surface area contributed by atoms with E-state index in [1.807, 2.05) is 42.5 Å². The molecular weight excluding hydrogens is 415 g/mol. The van der Waals surface area contributed by atoms with Crippen LogP contribution in [0.3, 0.4) is 0 Å². The lowest BCUT2D eigenvalue weighted by Crippen LogP contribution is -1.99. The standard InChI is InChI=1S/C23H16ClFN6/c24-12-14-3-5-15(6-4-14)22-21(17-2-1-11-27-23(17)26)29-20-10-9-19(30-31(20)22)18-8-7-16(25)13-28-18/h1-11,13H,12H2,(H2,26,27). The largest absolute Gasteiger partial charge is 0.383 e. The van der Waals surface area contributed by atoms with Gasteiger partial charge in [0.25, 0.3) is 0 Å². The van der Waals surface area contributed by atoms with Crippen LogP contribution in [0.5, 0.6) is 0 Å². The summed E-state index contributed by atoms with van der Waals surface area (Å²) in [5.74, 6) is 0.404. The Kier molecular flexibility index (Phi) is 4.80. The fraction of sp³-hybridized carbons (Fsp3) is 0.0435. The van der Waals surface area contributed by atoms with Gasteiger partial charge < -0.3 is 5.73 Å². The molecule has 6 nitrogen and oxygen atoms in total. The first-order valence-corrected chi connectivity index (χ1v) is 10.1. The minimum Gasteiger partial charge on any atom is -0.383 e. The van der Waals surface area contributed by atoms with E-state index in [1.54, 1.807) is 22.8 Å². The molecule has 0 fully saturated rings. The molecule has 152 valence electrons. The van der Waals surface area contributed by atoms with Crippen molar-refractivity contribution in [3.05, 3.63) is 84.4 Å². The highest BCUT2D eigenvalue weighted by Crippen LogP contribution is 2.35. The first kappa shape index (κ1) is 19.1. The highest BCUT2D eigenvalue weighted by molar-refractivity contribution is 6.17. The van der Waals surface area contributed by atoms with Gasteiger partial charge in [-0.25, -0.2) is 18.9 Å². The number of imidazole rings is 1. The molecule has 5 aromatic rings. The number of hydrogen-bond donors (Lipinski definition) is 1. The number of rotatable bonds is 4. The summed E-state index contributed by atoms with van der Waals surface area (Å²) in [6.07, 6.45) is 2.81. The summed E-state index contributed by atoms with van der Waals surface area (Å²) in [5, 5.41) is 4.75. The number of fused-ring (bicyclic) bond motifs is 1. The first-order valence-electron chi connectivity index (χ1n) is 9.52. The zero-order chi connectivity index (χ0) is 21.4. The van der Waals surface area contributed by atoms with Gasteiger partial charge in [0.1, 0.15) is 28.7 Å². The van der Waals surface area contributed by atoms with Gasteiger partial charge in [-0.2, -0.15) is 5.10 Å². The Balaban J connectivity index is 1.77. The minimum atomic E-state index is -0.401. The van der Waals surface area contributed by atoms with Gasteiger partial charge >= 0.3 is 0 Å². The van der Waals surface area contributed by atoms with Crippen molar-refractivity contribution in [1.82, 2.24) is 24.6 Å². The summed E-state index contributed by atoms with van der Waals surface area (Å²) in [4.78, 5) is 13.1. The van der Waals surface area contributed by atoms with E-state index in [-0.39, 0.29) is 0 Å². The molecule has 5 rings (SSSR count). The average molecular weight is 431 g/mol. The molecule has 0 spiro atoms. The molecule has 0 radical (unpaired) electrons. The predicted octanol–water partition coefficient (Wildman–Crippen LogP) is 4.98. The van der Waals surface area contributed by atoms with Gasteiger partial charge in [-0.1, -0.05) is 24.3 Å². The number of alkyl halides is 1. The molecule has 1 aromatic carbocycles. The normalized spacial score (nSPS) is 11.2. The van der Waals surface area contributed by atoms with Crippen molar-refractivity contribution < 1.29 is 4.39 Å². The number of hydrogen-bond acceptors (Lipinski definition) is 5. The summed E-state index contributed by atoms with van der Waals surface area (Å²) >= 11 is 5.96. The van der Waals surface area contributed by atoms with E-state index in [0.29, 0.717) is 40.0 Å². The van der Waals surface area contributed by atoms with Gasteiger partial charge in [-0.05, 0) is 42.0 Å². The second kappa shape index (κ2) is 7.77. The molecule has 0 unspecified atom stereocenters. The van der Waals surface area contributed by atoms with E-state index in [9.17, 15) is 4.39 Å². The maximum Gasteiger partial charge on any atom is 0.155 e. The van der Waals surface area contributed by atoms with Gasteiger partial charge in [0.2, 0.25) is 0 Å². The van der Waals surface area contributed by atoms with Gasteiger partial charge in [0.05, 0.1) is 11.9 Å². The van der Waals surface area contributed by atoms with Crippen molar-refractivity contribution in [2.75, 3.05) is 5.73 Å². The van der Waals surface area contributed by atoms with Crippen LogP contribution in [-0.2, 0) is 5.88 Å². The second-order valence-corrected chi connectivity index (χ2v) is 7.19. The third-order valence-corrected chi connectivity index (χ3v) is 5.25. The third-order valence-electron chi connectivity index (χ3n) is 4.94. The molecule has 0 saturated carbocycles. The predicted molar refractivity (Wildman–Crippen MR) is 119 cm³/mol. The Morgan fingerprint density at radius 3 is 2.45 bits per heavy atom. The van der Waals surface area contributed by atoms with E-state index >= 15 is 0 Å². The van der Waals surface area contributed by atoms with Crippen molar-refractivity contribution in [1.29, 1.82) is 0 Å². The van der Waals surface area contributed by atoms with Crippen LogP contribution in [0.2, 0.25) is 0 Å². The van der Waals surface area contributed by atoms with Crippen LogP contribution in [0.4, 0.5) is 10.2 Å². The Morgan fingerprint density at radius 1 is 0.935 bits per heavy atom. The molecule has 4 heterocycles. The van der Waals surface area contributed by atoms with Gasteiger partial charge in [-0.15, -0.1) is 11.6 Å². The Labute approximate surface area is 182 Å². The highest BCUT2D eigenvalue weighted by atomic mass is 35.5. The minimum absolute atomic E-state index is 0.380. The number of nitrogens with two attached hydrogens (primary N) is 1. The summed E-state index contributed by atoms with van der Waals surface area (Å²) in [6.45, 7) is 0. The van der Waals surface area contributed by atoms with E-state index in [0.717, 1.165) is 16.8 Å². The van der Waals surface area contributed by atoms with Crippen LogP contribution in [0, 0.1) is 5.82 Å². The van der Waals surface area contributed by atoms with Crippen LogP contribution >= 0.6 is 11.6 Å². The topological polar surface area (TPSA) is 82.0 Å². The fourth-order valence-electron chi connectivity index (χ4n) is 3.41. The van der Waals surface area contributed by atoms with Gasteiger partial charge in [0, 0.05) is 23.2 Å². The van der Waals surface area contributed by atoms with Crippen molar-refractivity contribution in [2.45, 2.75) is 5.88 Å². The summed E-state index contributed by atoms with van der Waals surface area (Å²) in [5.41, 5.74) is 12.0. The second-order valence-electron chi connectivity index (χ2n) is 6.93. The lowest BCUT2D eigenvalue weighted by atomic mass is 10.0. The van der Waals surface area contributed by atoms with E-state index in [2.05, 4.69) is 9.97 Å². The molecular formula is C23H16ClFN6. The molecule has 0 amide bonds. The molecule has 2 N–H and O–H groups in total.